The molecule has 5 nitrogen and oxygen atoms in total. The van der Waals surface area contributed by atoms with Crippen molar-refractivity contribution in [3.63, 3.8) is 0 Å². The van der Waals surface area contributed by atoms with Crippen molar-refractivity contribution in [1.29, 1.82) is 0 Å². The molecule has 0 radical (unpaired) electrons. The Balaban J connectivity index is 2.49. The molecule has 0 bridgehead atoms. The van der Waals surface area contributed by atoms with E-state index in [4.69, 9.17) is 5.73 Å². The zero-order chi connectivity index (χ0) is 12.4. The Morgan fingerprint density at radius 2 is 2.18 bits per heavy atom. The van der Waals surface area contributed by atoms with Crippen molar-refractivity contribution in [2.75, 3.05) is 0 Å². The second-order valence-corrected chi connectivity index (χ2v) is 4.10. The summed E-state index contributed by atoms with van der Waals surface area (Å²) in [7, 11) is 0. The molecule has 0 atom stereocenters. The molecule has 2 rings (SSSR count). The fourth-order valence-corrected chi connectivity index (χ4v) is 1.56. The van der Waals surface area contributed by atoms with Gasteiger partial charge in [-0.15, -0.1) is 0 Å². The van der Waals surface area contributed by atoms with Gasteiger partial charge in [-0.05, 0) is 18.1 Å². The van der Waals surface area contributed by atoms with E-state index in [1.54, 1.807) is 29.2 Å². The van der Waals surface area contributed by atoms with E-state index in [-0.39, 0.29) is 5.69 Å². The molecular formula is C12H14N4O. The topological polar surface area (TPSA) is 73.8 Å². The maximum Gasteiger partial charge on any atom is 0.269 e. The van der Waals surface area contributed by atoms with Crippen LogP contribution in [0.4, 0.5) is 0 Å². The summed E-state index contributed by atoms with van der Waals surface area (Å²) in [5.74, 6) is -0.203. The fourth-order valence-electron chi connectivity index (χ4n) is 1.56. The summed E-state index contributed by atoms with van der Waals surface area (Å²) in [4.78, 5) is 19.5. The van der Waals surface area contributed by atoms with E-state index in [1.165, 1.54) is 0 Å². The lowest BCUT2D eigenvalue weighted by Crippen LogP contribution is -2.16. The van der Waals surface area contributed by atoms with Crippen LogP contribution in [-0.2, 0) is 0 Å². The minimum Gasteiger partial charge on any atom is -0.364 e. The third kappa shape index (κ3) is 2.18. The normalized spacial score (nSPS) is 10.8. The third-order valence-electron chi connectivity index (χ3n) is 2.49. The minimum absolute atomic E-state index is 0.250. The lowest BCUT2D eigenvalue weighted by Gasteiger charge is -2.05. The molecule has 0 aliphatic carbocycles. The molecule has 17 heavy (non-hydrogen) atoms. The van der Waals surface area contributed by atoms with Gasteiger partial charge in [-0.1, -0.05) is 13.8 Å². The van der Waals surface area contributed by atoms with Crippen LogP contribution >= 0.6 is 0 Å². The number of nitrogens with two attached hydrogens (primary N) is 1. The van der Waals surface area contributed by atoms with Gasteiger partial charge in [-0.3, -0.25) is 4.79 Å². The van der Waals surface area contributed by atoms with Gasteiger partial charge in [0.1, 0.15) is 0 Å². The Morgan fingerprint density at radius 3 is 2.76 bits per heavy atom. The molecule has 2 aromatic rings. The van der Waals surface area contributed by atoms with Crippen LogP contribution in [0.15, 0.2) is 30.9 Å². The monoisotopic (exact) mass is 230 g/mol. The summed E-state index contributed by atoms with van der Waals surface area (Å²) < 4.78 is 1.77. The highest BCUT2D eigenvalue weighted by molar-refractivity contribution is 5.94. The summed E-state index contributed by atoms with van der Waals surface area (Å²) >= 11 is 0. The second kappa shape index (κ2) is 4.37. The smallest absolute Gasteiger partial charge is 0.269 e. The molecule has 0 unspecified atom stereocenters. The molecule has 0 fully saturated rings. The van der Waals surface area contributed by atoms with Gasteiger partial charge in [-0.25, -0.2) is 9.97 Å². The van der Waals surface area contributed by atoms with Crippen LogP contribution in [0.5, 0.6) is 0 Å². The van der Waals surface area contributed by atoms with Gasteiger partial charge in [0.25, 0.3) is 5.91 Å². The van der Waals surface area contributed by atoms with Gasteiger partial charge in [0.2, 0.25) is 0 Å². The number of carbonyl (C=O) groups excluding carboxylic acids is 1. The molecular weight excluding hydrogens is 216 g/mol. The third-order valence-corrected chi connectivity index (χ3v) is 2.49. The van der Waals surface area contributed by atoms with E-state index in [9.17, 15) is 4.79 Å². The molecule has 2 N–H and O–H groups in total. The average molecular weight is 230 g/mol. The molecule has 0 spiro atoms. The zero-order valence-electron chi connectivity index (χ0n) is 9.79. The quantitative estimate of drug-likeness (QED) is 0.868. The molecule has 0 aromatic carbocycles. The van der Waals surface area contributed by atoms with Crippen molar-refractivity contribution in [3.05, 3.63) is 42.2 Å². The van der Waals surface area contributed by atoms with Crippen LogP contribution in [0, 0.1) is 0 Å². The van der Waals surface area contributed by atoms with Crippen LogP contribution in [0.3, 0.4) is 0 Å². The number of hydrogen-bond donors (Lipinski definition) is 1. The Labute approximate surface area is 99.3 Å². The van der Waals surface area contributed by atoms with Crippen molar-refractivity contribution in [1.82, 2.24) is 14.5 Å². The molecule has 5 heteroatoms. The highest BCUT2D eigenvalue weighted by Crippen LogP contribution is 2.16. The number of aromatic nitrogens is 3. The first-order chi connectivity index (χ1) is 8.09. The minimum atomic E-state index is -0.541. The van der Waals surface area contributed by atoms with Gasteiger partial charge in [0.15, 0.2) is 5.69 Å². The molecule has 2 aromatic heterocycles. The lowest BCUT2D eigenvalue weighted by molar-refractivity contribution is 0.0995. The first-order valence-corrected chi connectivity index (χ1v) is 5.38. The largest absolute Gasteiger partial charge is 0.364 e. The van der Waals surface area contributed by atoms with Crippen molar-refractivity contribution >= 4 is 5.91 Å². The second-order valence-electron chi connectivity index (χ2n) is 4.10. The Hall–Kier alpha value is -2.17. The molecule has 0 aliphatic rings. The van der Waals surface area contributed by atoms with E-state index in [2.05, 4.69) is 23.8 Å². The number of primary amides is 1. The molecule has 0 saturated heterocycles. The van der Waals surface area contributed by atoms with Crippen molar-refractivity contribution in [2.45, 2.75) is 19.8 Å². The van der Waals surface area contributed by atoms with Crippen LogP contribution in [0.2, 0.25) is 0 Å². The number of pyridine rings is 1. The zero-order valence-corrected chi connectivity index (χ0v) is 9.79. The number of rotatable bonds is 3. The SMILES string of the molecule is CC(C)c1cn(-c2cccnc2C(N)=O)cn1. The van der Waals surface area contributed by atoms with Crippen LogP contribution < -0.4 is 5.73 Å². The predicted molar refractivity (Wildman–Crippen MR) is 64.0 cm³/mol. The summed E-state index contributed by atoms with van der Waals surface area (Å²) in [5.41, 5.74) is 7.15. The molecule has 88 valence electrons. The highest BCUT2D eigenvalue weighted by atomic mass is 16.1. The molecule has 2 heterocycles. The molecule has 0 aliphatic heterocycles. The number of hydrogen-bond acceptors (Lipinski definition) is 3. The fraction of sp³-hybridized carbons (Fsp3) is 0.250. The lowest BCUT2D eigenvalue weighted by atomic mass is 10.1. The van der Waals surface area contributed by atoms with Crippen LogP contribution in [0.25, 0.3) is 5.69 Å². The predicted octanol–water partition coefficient (Wildman–Crippen LogP) is 1.49. The van der Waals surface area contributed by atoms with Gasteiger partial charge >= 0.3 is 0 Å². The Morgan fingerprint density at radius 1 is 1.41 bits per heavy atom. The van der Waals surface area contributed by atoms with E-state index in [0.717, 1.165) is 5.69 Å². The van der Waals surface area contributed by atoms with Crippen molar-refractivity contribution < 1.29 is 4.79 Å². The number of imidazole rings is 1. The maximum absolute atomic E-state index is 11.3. The summed E-state index contributed by atoms with van der Waals surface area (Å²) in [5, 5.41) is 0. The number of nitrogens with zero attached hydrogens (tertiary/aromatic N) is 3. The summed E-state index contributed by atoms with van der Waals surface area (Å²) in [6.45, 7) is 4.12. The van der Waals surface area contributed by atoms with E-state index < -0.39 is 5.91 Å². The van der Waals surface area contributed by atoms with Gasteiger partial charge in [0.05, 0.1) is 17.7 Å². The van der Waals surface area contributed by atoms with Crippen molar-refractivity contribution in [2.24, 2.45) is 5.73 Å². The first kappa shape index (κ1) is 11.3. The highest BCUT2D eigenvalue weighted by Gasteiger charge is 2.12. The average Bonchev–Trinajstić information content (AvgIpc) is 2.78. The standard InChI is InChI=1S/C12H14N4O/c1-8(2)9-6-16(7-15-9)10-4-3-5-14-11(10)12(13)17/h3-8H,1-2H3,(H2,13,17). The maximum atomic E-state index is 11.3. The van der Waals surface area contributed by atoms with E-state index in [1.807, 2.05) is 6.20 Å². The number of carbonyl (C=O) groups is 1. The molecule has 1 amide bonds. The van der Waals surface area contributed by atoms with Crippen molar-refractivity contribution in [3.8, 4) is 5.69 Å². The van der Waals surface area contributed by atoms with Gasteiger partial charge < -0.3 is 10.3 Å². The Kier molecular flexibility index (Phi) is 2.91. The summed E-state index contributed by atoms with van der Waals surface area (Å²) in [6.07, 6.45) is 5.09. The van der Waals surface area contributed by atoms with Gasteiger partial charge in [0, 0.05) is 12.4 Å². The van der Waals surface area contributed by atoms with E-state index in [0.29, 0.717) is 11.6 Å². The van der Waals surface area contributed by atoms with E-state index >= 15 is 0 Å². The summed E-state index contributed by atoms with van der Waals surface area (Å²) in [6, 6.07) is 3.55. The Bertz CT molecular complexity index is 545. The molecule has 0 saturated carbocycles. The number of amides is 1. The van der Waals surface area contributed by atoms with Crippen LogP contribution in [0.1, 0.15) is 35.9 Å². The van der Waals surface area contributed by atoms with Crippen LogP contribution in [-0.4, -0.2) is 20.4 Å². The van der Waals surface area contributed by atoms with Gasteiger partial charge in [-0.2, -0.15) is 0 Å². The first-order valence-electron chi connectivity index (χ1n) is 5.38.